The molecule has 2 aliphatic rings. The number of halogens is 1. The molecule has 6 heteroatoms. The van der Waals surface area contributed by atoms with Crippen LogP contribution in [-0.4, -0.2) is 36.5 Å². The van der Waals surface area contributed by atoms with Crippen molar-refractivity contribution in [1.29, 1.82) is 0 Å². The summed E-state index contributed by atoms with van der Waals surface area (Å²) in [5, 5.41) is 7.68. The number of nitrogens with zero attached hydrogens (tertiary/aromatic N) is 1. The zero-order valence-electron chi connectivity index (χ0n) is 15.6. The number of amides is 1. The van der Waals surface area contributed by atoms with E-state index in [1.165, 1.54) is 18.4 Å². The summed E-state index contributed by atoms with van der Waals surface area (Å²) >= 11 is 1.69. The normalized spacial score (nSPS) is 20.0. The van der Waals surface area contributed by atoms with E-state index in [2.05, 4.69) is 27.0 Å². The van der Waals surface area contributed by atoms with Gasteiger partial charge < -0.3 is 15.0 Å². The van der Waals surface area contributed by atoms with Crippen molar-refractivity contribution in [1.82, 2.24) is 10.2 Å². The topological polar surface area (TPSA) is 41.6 Å². The van der Waals surface area contributed by atoms with E-state index in [0.29, 0.717) is 24.6 Å². The minimum Gasteiger partial charge on any atom is -0.494 e. The van der Waals surface area contributed by atoms with Crippen molar-refractivity contribution in [3.63, 3.8) is 0 Å². The lowest BCUT2D eigenvalue weighted by atomic mass is 9.93. The fraction of sp³-hybridized carbons (Fsp3) is 0.476. The molecular formula is C21H27ClN2O2S. The maximum Gasteiger partial charge on any atom is 0.254 e. The molecule has 1 N–H and O–H groups in total. The number of thiophene rings is 1. The fourth-order valence-corrected chi connectivity index (χ4v) is 4.84. The summed E-state index contributed by atoms with van der Waals surface area (Å²) in [5.41, 5.74) is 2.27. The summed E-state index contributed by atoms with van der Waals surface area (Å²) in [5.74, 6) is 0.888. The number of hydrogen-bond acceptors (Lipinski definition) is 4. The molecule has 146 valence electrons. The monoisotopic (exact) mass is 406 g/mol. The molecular weight excluding hydrogens is 380 g/mol. The van der Waals surface area contributed by atoms with Gasteiger partial charge in [-0.05, 0) is 85.3 Å². The highest BCUT2D eigenvalue weighted by Gasteiger charge is 2.57. The predicted molar refractivity (Wildman–Crippen MR) is 112 cm³/mol. The highest BCUT2D eigenvalue weighted by Crippen LogP contribution is 2.56. The standard InChI is InChI=1S/C21H26N2O2S.ClH/c1-2-25-18-5-3-4-17(12-18)20(24)23(14-16-6-11-26-15-16)19-13-21(19)7-9-22-10-8-21;/h3-6,11-12,15,19,22H,2,7-10,13-14H2,1H3;1H. The van der Waals surface area contributed by atoms with Crippen molar-refractivity contribution in [2.45, 2.75) is 38.8 Å². The third-order valence-corrected chi connectivity index (χ3v) is 6.44. The van der Waals surface area contributed by atoms with Crippen molar-refractivity contribution in [3.8, 4) is 5.75 Å². The lowest BCUT2D eigenvalue weighted by Crippen LogP contribution is -2.39. The first kappa shape index (κ1) is 20.2. The van der Waals surface area contributed by atoms with Crippen LogP contribution >= 0.6 is 23.7 Å². The Balaban J connectivity index is 0.00000210. The molecule has 0 bridgehead atoms. The Morgan fingerprint density at radius 3 is 2.85 bits per heavy atom. The molecule has 2 heterocycles. The molecule has 0 radical (unpaired) electrons. The second-order valence-electron chi connectivity index (χ2n) is 7.36. The van der Waals surface area contributed by atoms with E-state index in [4.69, 9.17) is 4.74 Å². The van der Waals surface area contributed by atoms with Crippen LogP contribution in [0.3, 0.4) is 0 Å². The third-order valence-electron chi connectivity index (χ3n) is 5.71. The molecule has 1 atom stereocenters. The summed E-state index contributed by atoms with van der Waals surface area (Å²) in [6, 6.07) is 10.1. The molecule has 1 saturated heterocycles. The first-order valence-corrected chi connectivity index (χ1v) is 10.4. The number of piperidine rings is 1. The number of carbonyl (C=O) groups excluding carboxylic acids is 1. The van der Waals surface area contributed by atoms with Crippen LogP contribution in [0.15, 0.2) is 41.1 Å². The molecule has 1 amide bonds. The summed E-state index contributed by atoms with van der Waals surface area (Å²) in [7, 11) is 0. The minimum absolute atomic E-state index is 0. The number of hydrogen-bond donors (Lipinski definition) is 1. The lowest BCUT2D eigenvalue weighted by molar-refractivity contribution is 0.0692. The number of ether oxygens (including phenoxy) is 1. The van der Waals surface area contributed by atoms with Gasteiger partial charge in [0.25, 0.3) is 5.91 Å². The van der Waals surface area contributed by atoms with Crippen LogP contribution < -0.4 is 10.1 Å². The highest BCUT2D eigenvalue weighted by molar-refractivity contribution is 7.07. The lowest BCUT2D eigenvalue weighted by Gasteiger charge is -2.29. The Morgan fingerprint density at radius 1 is 1.33 bits per heavy atom. The molecule has 1 aliphatic heterocycles. The summed E-state index contributed by atoms with van der Waals surface area (Å²) < 4.78 is 5.59. The largest absolute Gasteiger partial charge is 0.494 e. The third kappa shape index (κ3) is 4.31. The average molecular weight is 407 g/mol. The minimum atomic E-state index is 0. The van der Waals surface area contributed by atoms with Gasteiger partial charge in [-0.3, -0.25) is 4.79 Å². The van der Waals surface area contributed by atoms with Crippen LogP contribution in [-0.2, 0) is 6.54 Å². The first-order valence-electron chi connectivity index (χ1n) is 9.47. The van der Waals surface area contributed by atoms with Gasteiger partial charge in [-0.25, -0.2) is 0 Å². The van der Waals surface area contributed by atoms with Gasteiger partial charge in [0.05, 0.1) is 6.61 Å². The van der Waals surface area contributed by atoms with Crippen molar-refractivity contribution in [3.05, 3.63) is 52.2 Å². The van der Waals surface area contributed by atoms with Crippen molar-refractivity contribution in [2.75, 3.05) is 19.7 Å². The summed E-state index contributed by atoms with van der Waals surface area (Å²) in [6.07, 6.45) is 3.48. The van der Waals surface area contributed by atoms with E-state index in [-0.39, 0.29) is 18.3 Å². The van der Waals surface area contributed by atoms with E-state index in [0.717, 1.165) is 30.8 Å². The molecule has 27 heavy (non-hydrogen) atoms. The van der Waals surface area contributed by atoms with E-state index in [9.17, 15) is 4.79 Å². The molecule has 1 aliphatic carbocycles. The Hall–Kier alpha value is -1.56. The smallest absolute Gasteiger partial charge is 0.254 e. The predicted octanol–water partition coefficient (Wildman–Crippen LogP) is 4.35. The van der Waals surface area contributed by atoms with Gasteiger partial charge in [0.2, 0.25) is 0 Å². The first-order chi connectivity index (χ1) is 12.7. The molecule has 1 spiro atoms. The van der Waals surface area contributed by atoms with Gasteiger partial charge in [0.1, 0.15) is 5.75 Å². The maximum absolute atomic E-state index is 13.4. The van der Waals surface area contributed by atoms with Crippen LogP contribution in [0, 0.1) is 5.41 Å². The zero-order chi connectivity index (χ0) is 18.0. The Bertz CT molecular complexity index is 759. The van der Waals surface area contributed by atoms with Crippen LogP contribution in [0.4, 0.5) is 0 Å². The van der Waals surface area contributed by atoms with E-state index in [1.807, 2.05) is 31.2 Å². The molecule has 4 rings (SSSR count). The molecule has 1 aromatic heterocycles. The molecule has 1 aromatic carbocycles. The number of carbonyl (C=O) groups is 1. The Labute approximate surface area is 171 Å². The second-order valence-corrected chi connectivity index (χ2v) is 8.14. The van der Waals surface area contributed by atoms with E-state index >= 15 is 0 Å². The van der Waals surface area contributed by atoms with Crippen LogP contribution in [0.25, 0.3) is 0 Å². The van der Waals surface area contributed by atoms with Gasteiger partial charge in [0, 0.05) is 18.2 Å². The van der Waals surface area contributed by atoms with Crippen molar-refractivity contribution >= 4 is 29.7 Å². The van der Waals surface area contributed by atoms with Gasteiger partial charge in [-0.15, -0.1) is 12.4 Å². The Kier molecular flexibility index (Phi) is 6.45. The van der Waals surface area contributed by atoms with Gasteiger partial charge in [-0.1, -0.05) is 6.07 Å². The Morgan fingerprint density at radius 2 is 2.15 bits per heavy atom. The van der Waals surface area contributed by atoms with Gasteiger partial charge in [0.15, 0.2) is 0 Å². The second kappa shape index (κ2) is 8.63. The average Bonchev–Trinajstić information content (AvgIpc) is 3.09. The highest BCUT2D eigenvalue weighted by atomic mass is 35.5. The number of benzene rings is 1. The van der Waals surface area contributed by atoms with Gasteiger partial charge in [-0.2, -0.15) is 11.3 Å². The number of nitrogens with one attached hydrogen (secondary N) is 1. The number of rotatable bonds is 6. The molecule has 2 fully saturated rings. The van der Waals surface area contributed by atoms with E-state index in [1.54, 1.807) is 11.3 Å². The van der Waals surface area contributed by atoms with Crippen LogP contribution in [0.5, 0.6) is 5.75 Å². The van der Waals surface area contributed by atoms with Crippen molar-refractivity contribution < 1.29 is 9.53 Å². The molecule has 4 nitrogen and oxygen atoms in total. The van der Waals surface area contributed by atoms with Crippen molar-refractivity contribution in [2.24, 2.45) is 5.41 Å². The van der Waals surface area contributed by atoms with Crippen LogP contribution in [0.1, 0.15) is 42.1 Å². The molecule has 1 saturated carbocycles. The quantitative estimate of drug-likeness (QED) is 0.775. The maximum atomic E-state index is 13.4. The molecule has 1 unspecified atom stereocenters. The summed E-state index contributed by atoms with van der Waals surface area (Å²) in [4.78, 5) is 15.5. The van der Waals surface area contributed by atoms with Gasteiger partial charge >= 0.3 is 0 Å². The zero-order valence-corrected chi connectivity index (χ0v) is 17.3. The SMILES string of the molecule is CCOc1cccc(C(=O)N(Cc2ccsc2)C2CC23CCNCC3)c1.Cl. The molecule has 2 aromatic rings. The fourth-order valence-electron chi connectivity index (χ4n) is 4.18. The van der Waals surface area contributed by atoms with Crippen LogP contribution in [0.2, 0.25) is 0 Å². The summed E-state index contributed by atoms with van der Waals surface area (Å²) in [6.45, 7) is 5.39. The van der Waals surface area contributed by atoms with E-state index < -0.39 is 0 Å².